The van der Waals surface area contributed by atoms with Crippen molar-refractivity contribution in [2.75, 3.05) is 5.33 Å². The fourth-order valence-electron chi connectivity index (χ4n) is 1.17. The SMILES string of the molecule is CC(C)/C(=C/c1cccc(Br)c1)CBr. The van der Waals surface area contributed by atoms with Gasteiger partial charge in [-0.2, -0.15) is 0 Å². The molecule has 0 N–H and O–H groups in total. The van der Waals surface area contributed by atoms with Gasteiger partial charge in [-0.05, 0) is 23.6 Å². The zero-order valence-electron chi connectivity index (χ0n) is 8.43. The molecular weight excluding hydrogens is 304 g/mol. The maximum Gasteiger partial charge on any atom is 0.0247 e. The van der Waals surface area contributed by atoms with Gasteiger partial charge in [-0.25, -0.2) is 0 Å². The Morgan fingerprint density at radius 1 is 1.43 bits per heavy atom. The largest absolute Gasteiger partial charge is 0.0880 e. The summed E-state index contributed by atoms with van der Waals surface area (Å²) in [7, 11) is 0. The Bertz CT molecular complexity index is 327. The molecule has 0 atom stereocenters. The van der Waals surface area contributed by atoms with Gasteiger partial charge in [0.1, 0.15) is 0 Å². The lowest BCUT2D eigenvalue weighted by molar-refractivity contribution is 0.781. The van der Waals surface area contributed by atoms with Gasteiger partial charge < -0.3 is 0 Å². The third-order valence-electron chi connectivity index (χ3n) is 2.10. The predicted molar refractivity (Wildman–Crippen MR) is 70.8 cm³/mol. The standard InChI is InChI=1S/C12H14Br2/c1-9(2)11(8-13)6-10-4-3-5-12(14)7-10/h3-7,9H,8H2,1-2H3/b11-6+. The van der Waals surface area contributed by atoms with E-state index in [2.05, 4.69) is 70.0 Å². The molecule has 1 aromatic carbocycles. The normalized spacial score (nSPS) is 12.2. The van der Waals surface area contributed by atoms with E-state index >= 15 is 0 Å². The van der Waals surface area contributed by atoms with Crippen LogP contribution in [0.4, 0.5) is 0 Å². The van der Waals surface area contributed by atoms with Gasteiger partial charge in [0, 0.05) is 9.80 Å². The maximum absolute atomic E-state index is 3.51. The van der Waals surface area contributed by atoms with E-state index in [1.54, 1.807) is 0 Å². The Morgan fingerprint density at radius 3 is 2.64 bits per heavy atom. The molecular formula is C12H14Br2. The molecule has 0 nitrogen and oxygen atoms in total. The first-order valence-electron chi connectivity index (χ1n) is 4.65. The predicted octanol–water partition coefficient (Wildman–Crippen LogP) is 4.88. The van der Waals surface area contributed by atoms with Gasteiger partial charge in [0.25, 0.3) is 0 Å². The number of halogens is 2. The van der Waals surface area contributed by atoms with Crippen molar-refractivity contribution in [3.05, 3.63) is 39.9 Å². The molecule has 0 fully saturated rings. The number of benzene rings is 1. The quantitative estimate of drug-likeness (QED) is 0.697. The van der Waals surface area contributed by atoms with Gasteiger partial charge in [0.05, 0.1) is 0 Å². The van der Waals surface area contributed by atoms with Crippen molar-refractivity contribution in [1.82, 2.24) is 0 Å². The van der Waals surface area contributed by atoms with Crippen molar-refractivity contribution < 1.29 is 0 Å². The number of allylic oxidation sites excluding steroid dienone is 1. The van der Waals surface area contributed by atoms with E-state index in [4.69, 9.17) is 0 Å². The maximum atomic E-state index is 3.51. The molecule has 0 saturated heterocycles. The van der Waals surface area contributed by atoms with Crippen molar-refractivity contribution in [3.8, 4) is 0 Å². The Hall–Kier alpha value is -0.0800. The van der Waals surface area contributed by atoms with Gasteiger partial charge >= 0.3 is 0 Å². The number of hydrogen-bond donors (Lipinski definition) is 0. The Labute approximate surface area is 103 Å². The van der Waals surface area contributed by atoms with Gasteiger partial charge in [0.15, 0.2) is 0 Å². The molecule has 0 amide bonds. The van der Waals surface area contributed by atoms with Crippen molar-refractivity contribution in [2.45, 2.75) is 13.8 Å². The van der Waals surface area contributed by atoms with Gasteiger partial charge in [-0.1, -0.05) is 69.5 Å². The fourth-order valence-corrected chi connectivity index (χ4v) is 2.40. The summed E-state index contributed by atoms with van der Waals surface area (Å²) in [6.07, 6.45) is 2.24. The fraction of sp³-hybridized carbons (Fsp3) is 0.333. The Balaban J connectivity index is 2.94. The molecule has 0 radical (unpaired) electrons. The lowest BCUT2D eigenvalue weighted by Gasteiger charge is -2.07. The summed E-state index contributed by atoms with van der Waals surface area (Å²) in [6, 6.07) is 8.35. The van der Waals surface area contributed by atoms with Crippen LogP contribution >= 0.6 is 31.9 Å². The first-order chi connectivity index (χ1) is 6.63. The minimum atomic E-state index is 0.591. The lowest BCUT2D eigenvalue weighted by atomic mass is 10.0. The van der Waals surface area contributed by atoms with Crippen LogP contribution in [-0.2, 0) is 0 Å². The van der Waals surface area contributed by atoms with Crippen molar-refractivity contribution in [1.29, 1.82) is 0 Å². The molecule has 0 bridgehead atoms. The van der Waals surface area contributed by atoms with Crippen molar-refractivity contribution in [3.63, 3.8) is 0 Å². The van der Waals surface area contributed by atoms with Crippen LogP contribution in [-0.4, -0.2) is 5.33 Å². The van der Waals surface area contributed by atoms with Crippen molar-refractivity contribution in [2.24, 2.45) is 5.92 Å². The van der Waals surface area contributed by atoms with Crippen LogP contribution in [0.3, 0.4) is 0 Å². The van der Waals surface area contributed by atoms with Gasteiger partial charge in [-0.15, -0.1) is 0 Å². The third-order valence-corrected chi connectivity index (χ3v) is 3.24. The summed E-state index contributed by atoms with van der Waals surface area (Å²) in [5, 5.41) is 0.942. The highest BCUT2D eigenvalue weighted by Gasteiger charge is 2.01. The molecule has 0 aliphatic heterocycles. The van der Waals surface area contributed by atoms with E-state index in [1.807, 2.05) is 6.07 Å². The van der Waals surface area contributed by atoms with E-state index in [-0.39, 0.29) is 0 Å². The number of hydrogen-bond acceptors (Lipinski definition) is 0. The minimum Gasteiger partial charge on any atom is -0.0880 e. The zero-order chi connectivity index (χ0) is 10.6. The van der Waals surface area contributed by atoms with E-state index in [1.165, 1.54) is 11.1 Å². The molecule has 0 spiro atoms. The second-order valence-electron chi connectivity index (χ2n) is 3.56. The van der Waals surface area contributed by atoms with Gasteiger partial charge in [-0.3, -0.25) is 0 Å². The monoisotopic (exact) mass is 316 g/mol. The highest BCUT2D eigenvalue weighted by atomic mass is 79.9. The minimum absolute atomic E-state index is 0.591. The van der Waals surface area contributed by atoms with Crippen molar-refractivity contribution >= 4 is 37.9 Å². The first kappa shape index (κ1) is 12.0. The average molecular weight is 318 g/mol. The zero-order valence-corrected chi connectivity index (χ0v) is 11.6. The van der Waals surface area contributed by atoms with E-state index in [0.29, 0.717) is 5.92 Å². The summed E-state index contributed by atoms with van der Waals surface area (Å²) in [5.74, 6) is 0.591. The van der Waals surface area contributed by atoms with Crippen LogP contribution in [0.25, 0.3) is 6.08 Å². The van der Waals surface area contributed by atoms with E-state index in [9.17, 15) is 0 Å². The molecule has 1 rings (SSSR count). The third kappa shape index (κ3) is 3.58. The Morgan fingerprint density at radius 2 is 2.14 bits per heavy atom. The highest BCUT2D eigenvalue weighted by molar-refractivity contribution is 9.10. The molecule has 0 aliphatic carbocycles. The summed E-state index contributed by atoms with van der Waals surface area (Å²) in [4.78, 5) is 0. The lowest BCUT2D eigenvalue weighted by Crippen LogP contribution is -1.94. The summed E-state index contributed by atoms with van der Waals surface area (Å²) in [5.41, 5.74) is 2.67. The van der Waals surface area contributed by atoms with Crippen LogP contribution in [0.15, 0.2) is 34.3 Å². The average Bonchev–Trinajstić information content (AvgIpc) is 2.14. The topological polar surface area (TPSA) is 0 Å². The summed E-state index contributed by atoms with van der Waals surface area (Å²) in [6.45, 7) is 4.43. The van der Waals surface area contributed by atoms with Crippen LogP contribution in [0.2, 0.25) is 0 Å². The van der Waals surface area contributed by atoms with E-state index in [0.717, 1.165) is 9.80 Å². The molecule has 2 heteroatoms. The highest BCUT2D eigenvalue weighted by Crippen LogP contribution is 2.19. The summed E-state index contributed by atoms with van der Waals surface area (Å²) >= 11 is 6.98. The second-order valence-corrected chi connectivity index (χ2v) is 5.04. The molecule has 0 aromatic heterocycles. The molecule has 1 aromatic rings. The number of rotatable bonds is 3. The smallest absolute Gasteiger partial charge is 0.0247 e. The molecule has 0 saturated carbocycles. The molecule has 0 heterocycles. The molecule has 76 valence electrons. The number of alkyl halides is 1. The van der Waals surface area contributed by atoms with E-state index < -0.39 is 0 Å². The molecule has 0 aliphatic rings. The second kappa shape index (κ2) is 5.72. The van der Waals surface area contributed by atoms with Gasteiger partial charge in [0.2, 0.25) is 0 Å². The Kier molecular flexibility index (Phi) is 4.90. The van der Waals surface area contributed by atoms with Crippen LogP contribution < -0.4 is 0 Å². The molecule has 0 unspecified atom stereocenters. The molecule has 14 heavy (non-hydrogen) atoms. The van der Waals surface area contributed by atoms with Crippen LogP contribution in [0.1, 0.15) is 19.4 Å². The van der Waals surface area contributed by atoms with Crippen LogP contribution in [0.5, 0.6) is 0 Å². The summed E-state index contributed by atoms with van der Waals surface area (Å²) < 4.78 is 1.13. The first-order valence-corrected chi connectivity index (χ1v) is 6.57. The van der Waals surface area contributed by atoms with Crippen LogP contribution in [0, 0.1) is 5.92 Å².